The highest BCUT2D eigenvalue weighted by molar-refractivity contribution is 9.11. The summed E-state index contributed by atoms with van der Waals surface area (Å²) in [4.78, 5) is 15.0. The van der Waals surface area contributed by atoms with Crippen LogP contribution < -0.4 is 10.4 Å². The summed E-state index contributed by atoms with van der Waals surface area (Å²) in [5.74, 6) is -0.953. The van der Waals surface area contributed by atoms with Gasteiger partial charge in [-0.2, -0.15) is 0 Å². The van der Waals surface area contributed by atoms with E-state index >= 15 is 0 Å². The lowest BCUT2D eigenvalue weighted by Gasteiger charge is -2.29. The van der Waals surface area contributed by atoms with Crippen molar-refractivity contribution in [1.29, 1.82) is 0 Å². The lowest BCUT2D eigenvalue weighted by Crippen LogP contribution is -2.95. The lowest BCUT2D eigenvalue weighted by atomic mass is 9.90. The van der Waals surface area contributed by atoms with Crippen molar-refractivity contribution in [3.8, 4) is 5.75 Å². The Kier molecular flexibility index (Phi) is 4.10. The minimum absolute atomic E-state index is 0.118. The van der Waals surface area contributed by atoms with Crippen molar-refractivity contribution >= 4 is 48.7 Å². The molecule has 2 atom stereocenters. The molecule has 0 amide bonds. The van der Waals surface area contributed by atoms with Crippen LogP contribution in [0.2, 0.25) is 0 Å². The van der Waals surface area contributed by atoms with E-state index in [2.05, 4.69) is 36.8 Å². The number of phenols is 1. The van der Waals surface area contributed by atoms with Crippen molar-refractivity contribution in [3.63, 3.8) is 0 Å². The normalized spacial score (nSPS) is 19.8. The number of benzene rings is 2. The number of quaternary nitrogens is 1. The van der Waals surface area contributed by atoms with Crippen LogP contribution in [0.15, 0.2) is 45.3 Å². The average Bonchev–Trinajstić information content (AvgIpc) is 2.97. The van der Waals surface area contributed by atoms with Gasteiger partial charge in [0.25, 0.3) is 0 Å². The summed E-state index contributed by atoms with van der Waals surface area (Å²) in [5.41, 5.74) is 3.87. The number of carboxylic acid groups (broad SMARTS) is 1. The highest BCUT2D eigenvalue weighted by Gasteiger charge is 2.35. The molecule has 2 aromatic carbocycles. The number of nitrogens with one attached hydrogen (secondary N) is 1. The van der Waals surface area contributed by atoms with Gasteiger partial charge in [0, 0.05) is 22.9 Å². The number of hydrogen-bond donors (Lipinski definition) is 3. The molecule has 5 nitrogen and oxygen atoms in total. The van der Waals surface area contributed by atoms with Crippen LogP contribution in [0.5, 0.6) is 5.75 Å². The number of phenolic OH excluding ortho intramolecular Hbond substituents is 1. The third kappa shape index (κ3) is 2.76. The van der Waals surface area contributed by atoms with Crippen LogP contribution in [0.1, 0.15) is 22.9 Å². The number of rotatable bonds is 2. The monoisotopic (exact) mass is 464 g/mol. The second-order valence-electron chi connectivity index (χ2n) is 6.20. The smallest absolute Gasteiger partial charge is 0.153 e. The molecule has 0 spiro atoms. The van der Waals surface area contributed by atoms with Crippen LogP contribution in [-0.2, 0) is 11.2 Å². The van der Waals surface area contributed by atoms with Crippen LogP contribution in [-0.4, -0.2) is 22.1 Å². The first-order chi connectivity index (χ1) is 12.0. The van der Waals surface area contributed by atoms with Crippen LogP contribution in [0.25, 0.3) is 10.9 Å². The molecule has 0 saturated heterocycles. The number of aromatic amines is 1. The van der Waals surface area contributed by atoms with Gasteiger partial charge in [-0.15, -0.1) is 0 Å². The van der Waals surface area contributed by atoms with E-state index in [0.717, 1.165) is 27.7 Å². The van der Waals surface area contributed by atoms with Gasteiger partial charge in [-0.05, 0) is 55.6 Å². The number of halogens is 2. The number of fused-ring (bicyclic) bond motifs is 3. The number of H-pyrrole nitrogens is 1. The van der Waals surface area contributed by atoms with Gasteiger partial charge < -0.3 is 25.3 Å². The molecule has 2 heterocycles. The lowest BCUT2D eigenvalue weighted by molar-refractivity contribution is -0.717. The largest absolute Gasteiger partial charge is 0.544 e. The van der Waals surface area contributed by atoms with E-state index in [9.17, 15) is 15.0 Å². The highest BCUT2D eigenvalue weighted by atomic mass is 79.9. The third-order valence-electron chi connectivity index (χ3n) is 4.71. The summed E-state index contributed by atoms with van der Waals surface area (Å²) in [6, 6.07) is 10.6. The molecule has 1 aliphatic heterocycles. The molecule has 0 radical (unpaired) electrons. The molecule has 0 saturated carbocycles. The number of hydrogen-bond acceptors (Lipinski definition) is 3. The van der Waals surface area contributed by atoms with Crippen molar-refractivity contribution in [2.45, 2.75) is 18.5 Å². The van der Waals surface area contributed by atoms with Crippen molar-refractivity contribution in [1.82, 2.24) is 4.98 Å². The second-order valence-corrected chi connectivity index (χ2v) is 7.90. The summed E-state index contributed by atoms with van der Waals surface area (Å²) in [6.07, 6.45) is 0.415. The van der Waals surface area contributed by atoms with Gasteiger partial charge in [-0.25, -0.2) is 0 Å². The Morgan fingerprint density at radius 3 is 2.60 bits per heavy atom. The number of nitrogens with two attached hydrogens (primary N) is 1. The number of para-hydroxylation sites is 1. The Balaban J connectivity index is 1.92. The van der Waals surface area contributed by atoms with E-state index in [1.165, 1.54) is 0 Å². The van der Waals surface area contributed by atoms with Gasteiger partial charge >= 0.3 is 0 Å². The van der Waals surface area contributed by atoms with E-state index in [-0.39, 0.29) is 11.8 Å². The van der Waals surface area contributed by atoms with Crippen molar-refractivity contribution in [2.24, 2.45) is 0 Å². The predicted octanol–water partition coefficient (Wildman–Crippen LogP) is 1.73. The number of carbonyl (C=O) groups is 1. The van der Waals surface area contributed by atoms with E-state index < -0.39 is 12.0 Å². The van der Waals surface area contributed by atoms with Crippen LogP contribution in [0, 0.1) is 0 Å². The first-order valence-corrected chi connectivity index (χ1v) is 9.37. The Morgan fingerprint density at radius 1 is 1.24 bits per heavy atom. The molecule has 128 valence electrons. The summed E-state index contributed by atoms with van der Waals surface area (Å²) >= 11 is 6.70. The molecule has 25 heavy (non-hydrogen) atoms. The molecular formula is C18H14Br2N2O3. The Morgan fingerprint density at radius 2 is 1.92 bits per heavy atom. The third-order valence-corrected chi connectivity index (χ3v) is 5.92. The zero-order chi connectivity index (χ0) is 17.7. The summed E-state index contributed by atoms with van der Waals surface area (Å²) in [6.45, 7) is 0. The molecule has 0 bridgehead atoms. The quantitative estimate of drug-likeness (QED) is 0.538. The molecular weight excluding hydrogens is 452 g/mol. The highest BCUT2D eigenvalue weighted by Crippen LogP contribution is 2.38. The SMILES string of the molecule is O=C([O-])[C@@H]1Cc2c([nH]c3ccccc23)[C@@H](c2cc(Br)c(O)c(Br)c2)[NH2+]1. The topological polar surface area (TPSA) is 92.8 Å². The zero-order valence-corrected chi connectivity index (χ0v) is 16.1. The van der Waals surface area contributed by atoms with Crippen molar-refractivity contribution in [2.75, 3.05) is 0 Å². The van der Waals surface area contributed by atoms with Gasteiger partial charge in [0.15, 0.2) is 6.04 Å². The molecule has 0 unspecified atom stereocenters. The van der Waals surface area contributed by atoms with E-state index in [1.54, 1.807) is 5.32 Å². The van der Waals surface area contributed by atoms with Crippen LogP contribution in [0.4, 0.5) is 0 Å². The maximum Gasteiger partial charge on any atom is 0.153 e. The summed E-state index contributed by atoms with van der Waals surface area (Å²) in [7, 11) is 0. The minimum atomic E-state index is -1.07. The van der Waals surface area contributed by atoms with Crippen molar-refractivity contribution < 1.29 is 20.3 Å². The first-order valence-electron chi connectivity index (χ1n) is 7.79. The Bertz CT molecular complexity index is 976. The van der Waals surface area contributed by atoms with Gasteiger partial charge in [-0.1, -0.05) is 18.2 Å². The average molecular weight is 466 g/mol. The minimum Gasteiger partial charge on any atom is -0.544 e. The van der Waals surface area contributed by atoms with Crippen molar-refractivity contribution in [3.05, 3.63) is 62.2 Å². The van der Waals surface area contributed by atoms with Gasteiger partial charge in [0.2, 0.25) is 0 Å². The summed E-state index contributed by atoms with van der Waals surface area (Å²) in [5, 5.41) is 24.4. The van der Waals surface area contributed by atoms with Gasteiger partial charge in [0.05, 0.1) is 20.6 Å². The number of aromatic hydroxyl groups is 1. The van der Waals surface area contributed by atoms with E-state index in [4.69, 9.17) is 0 Å². The maximum atomic E-state index is 11.6. The number of carboxylic acids is 1. The molecule has 4 N–H and O–H groups in total. The predicted molar refractivity (Wildman–Crippen MR) is 98.1 cm³/mol. The van der Waals surface area contributed by atoms with E-state index in [1.807, 2.05) is 36.4 Å². The Labute approximate surface area is 160 Å². The fourth-order valence-corrected chi connectivity index (χ4v) is 4.75. The van der Waals surface area contributed by atoms with Gasteiger partial charge in [0.1, 0.15) is 11.8 Å². The number of aliphatic carboxylic acids is 1. The fraction of sp³-hybridized carbons (Fsp3) is 0.167. The van der Waals surface area contributed by atoms with Gasteiger partial charge in [-0.3, -0.25) is 0 Å². The van der Waals surface area contributed by atoms with Crippen LogP contribution in [0.3, 0.4) is 0 Å². The number of carbonyl (C=O) groups excluding carboxylic acids is 1. The molecule has 3 aromatic rings. The second kappa shape index (κ2) is 6.16. The fourth-order valence-electron chi connectivity index (χ4n) is 3.53. The molecule has 1 aliphatic rings. The Hall–Kier alpha value is -1.83. The first kappa shape index (κ1) is 16.6. The zero-order valence-electron chi connectivity index (χ0n) is 12.9. The maximum absolute atomic E-state index is 11.6. The van der Waals surface area contributed by atoms with E-state index in [0.29, 0.717) is 15.4 Å². The molecule has 7 heteroatoms. The molecule has 1 aromatic heterocycles. The van der Waals surface area contributed by atoms with Crippen LogP contribution >= 0.6 is 31.9 Å². The summed E-state index contributed by atoms with van der Waals surface area (Å²) < 4.78 is 1.11. The number of aromatic nitrogens is 1. The molecule has 0 fully saturated rings. The molecule has 0 aliphatic carbocycles. The molecule has 4 rings (SSSR count). The standard InChI is InChI=1S/C18H14Br2N2O3/c19-11-5-8(6-12(20)17(11)23)15-16-10(7-14(22-15)18(24)25)9-3-1-2-4-13(9)21-16/h1-6,14-15,21-23H,7H2,(H,24,25)/t14-,15+/m0/s1.